The molecule has 152 valence electrons. The first-order valence-corrected chi connectivity index (χ1v) is 12.2. The van der Waals surface area contributed by atoms with E-state index in [9.17, 15) is 12.8 Å². The van der Waals surface area contributed by atoms with Crippen molar-refractivity contribution in [2.45, 2.75) is 19.5 Å². The van der Waals surface area contributed by atoms with Crippen LogP contribution in [0.3, 0.4) is 0 Å². The van der Waals surface area contributed by atoms with Crippen LogP contribution in [0.15, 0.2) is 51.9 Å². The summed E-state index contributed by atoms with van der Waals surface area (Å²) in [4.78, 5) is 6.46. The van der Waals surface area contributed by atoms with Crippen molar-refractivity contribution >= 4 is 54.3 Å². The van der Waals surface area contributed by atoms with Gasteiger partial charge in [0.1, 0.15) is 15.7 Å². The Hall–Kier alpha value is -2.19. The third-order valence-electron chi connectivity index (χ3n) is 5.01. The van der Waals surface area contributed by atoms with E-state index in [0.29, 0.717) is 31.7 Å². The van der Waals surface area contributed by atoms with Crippen LogP contribution in [0.5, 0.6) is 0 Å². The molecule has 0 saturated heterocycles. The minimum atomic E-state index is -3.01. The number of benzene rings is 2. The molecule has 0 atom stereocenters. The van der Waals surface area contributed by atoms with Gasteiger partial charge >= 0.3 is 0 Å². The zero-order valence-electron chi connectivity index (χ0n) is 16.0. The van der Waals surface area contributed by atoms with E-state index in [0.717, 1.165) is 26.8 Å². The number of aryl methyl sites for hydroxylation is 1. The number of anilines is 1. The summed E-state index contributed by atoms with van der Waals surface area (Å²) in [6, 6.07) is 12.9. The fraction of sp³-hybridized carbons (Fsp3) is 0.286. The first-order chi connectivity index (χ1) is 13.8. The first kappa shape index (κ1) is 20.1. The lowest BCUT2D eigenvalue weighted by Crippen LogP contribution is -2.28. The van der Waals surface area contributed by atoms with E-state index in [-0.39, 0.29) is 11.6 Å². The lowest BCUT2D eigenvalue weighted by molar-refractivity contribution is 0.590. The highest BCUT2D eigenvalue weighted by Crippen LogP contribution is 2.33. The lowest BCUT2D eigenvalue weighted by Gasteiger charge is -2.28. The number of hydrogen-bond donors (Lipinski definition) is 0. The summed E-state index contributed by atoms with van der Waals surface area (Å²) in [6.45, 7) is 1.87. The largest absolute Gasteiger partial charge is 0.359 e. The highest BCUT2D eigenvalue weighted by Gasteiger charge is 2.18. The van der Waals surface area contributed by atoms with E-state index < -0.39 is 9.84 Å². The van der Waals surface area contributed by atoms with E-state index in [4.69, 9.17) is 0 Å². The lowest BCUT2D eigenvalue weighted by atomic mass is 10.2. The van der Waals surface area contributed by atoms with E-state index in [2.05, 4.69) is 42.5 Å². The van der Waals surface area contributed by atoms with E-state index in [1.807, 2.05) is 12.1 Å². The minimum absolute atomic E-state index is 0.154. The Labute approximate surface area is 177 Å². The van der Waals surface area contributed by atoms with E-state index >= 15 is 0 Å². The molecule has 2 heterocycles. The van der Waals surface area contributed by atoms with Gasteiger partial charge in [0.15, 0.2) is 0 Å². The van der Waals surface area contributed by atoms with Gasteiger partial charge in [0.25, 0.3) is 0 Å². The van der Waals surface area contributed by atoms with Crippen molar-refractivity contribution in [1.29, 1.82) is 0 Å². The first-order valence-electron chi connectivity index (χ1n) is 9.32. The van der Waals surface area contributed by atoms with Gasteiger partial charge in [-0.2, -0.15) is 0 Å². The van der Waals surface area contributed by atoms with Crippen LogP contribution in [0.2, 0.25) is 0 Å². The van der Waals surface area contributed by atoms with Crippen LogP contribution >= 0.6 is 15.9 Å². The summed E-state index contributed by atoms with van der Waals surface area (Å²) in [7, 11) is -3.01. The molecule has 1 aliphatic heterocycles. The summed E-state index contributed by atoms with van der Waals surface area (Å²) >= 11 is 3.52. The van der Waals surface area contributed by atoms with Crippen LogP contribution in [0.4, 0.5) is 15.8 Å². The monoisotopic (exact) mass is 477 g/mol. The number of fused-ring (bicyclic) bond motifs is 2. The zero-order valence-corrected chi connectivity index (χ0v) is 18.4. The molecule has 0 saturated carbocycles. The summed E-state index contributed by atoms with van der Waals surface area (Å²) in [5.41, 5.74) is 3.67. The van der Waals surface area contributed by atoms with Gasteiger partial charge in [-0.15, -0.1) is 0 Å². The maximum Gasteiger partial charge on any atom is 0.147 e. The SMILES string of the molecule is CS(=O)(=O)CCCn1c(CN2CC=Nc3cc(F)ccc32)cc2cc(Br)ccc21. The molecule has 0 fully saturated rings. The molecule has 3 aromatic rings. The molecule has 0 aliphatic carbocycles. The number of aliphatic imine (C=N–C) groups is 1. The molecule has 5 nitrogen and oxygen atoms in total. The average molecular weight is 478 g/mol. The van der Waals surface area contributed by atoms with Gasteiger partial charge in [0.05, 0.1) is 30.2 Å². The maximum absolute atomic E-state index is 13.6. The Bertz CT molecular complexity index is 1200. The van der Waals surface area contributed by atoms with Crippen molar-refractivity contribution in [3.63, 3.8) is 0 Å². The highest BCUT2D eigenvalue weighted by molar-refractivity contribution is 9.10. The molecule has 0 bridgehead atoms. The van der Waals surface area contributed by atoms with Gasteiger partial charge < -0.3 is 9.47 Å². The van der Waals surface area contributed by atoms with Crippen molar-refractivity contribution < 1.29 is 12.8 Å². The number of hydrogen-bond acceptors (Lipinski definition) is 4. The standard InChI is InChI=1S/C21H21BrFN3O2S/c1-29(27,28)10-2-8-26-18(12-15-11-16(22)3-5-20(15)26)14-25-9-7-24-19-13-17(23)4-6-21(19)25/h3-7,11-13H,2,8-10,14H2,1H3. The number of halogens is 2. The van der Waals surface area contributed by atoms with Gasteiger partial charge in [0.2, 0.25) is 0 Å². The van der Waals surface area contributed by atoms with Crippen LogP contribution in [0, 0.1) is 5.82 Å². The summed E-state index contributed by atoms with van der Waals surface area (Å²) in [6.07, 6.45) is 3.60. The number of sulfone groups is 1. The Morgan fingerprint density at radius 1 is 1.17 bits per heavy atom. The molecule has 1 aromatic heterocycles. The second kappa shape index (κ2) is 7.91. The third kappa shape index (κ3) is 4.53. The summed E-state index contributed by atoms with van der Waals surface area (Å²) in [5.74, 6) is -0.149. The summed E-state index contributed by atoms with van der Waals surface area (Å²) in [5, 5.41) is 1.10. The Morgan fingerprint density at radius 2 is 2.00 bits per heavy atom. The molecular weight excluding hydrogens is 457 g/mol. The van der Waals surface area contributed by atoms with Gasteiger partial charge in [-0.25, -0.2) is 12.8 Å². The van der Waals surface area contributed by atoms with Gasteiger partial charge in [-0.3, -0.25) is 4.99 Å². The number of nitrogens with zero attached hydrogens (tertiary/aromatic N) is 3. The third-order valence-corrected chi connectivity index (χ3v) is 6.53. The van der Waals surface area contributed by atoms with Crippen LogP contribution in [-0.4, -0.2) is 37.8 Å². The maximum atomic E-state index is 13.6. The van der Waals surface area contributed by atoms with E-state index in [1.54, 1.807) is 12.3 Å². The average Bonchev–Trinajstić information content (AvgIpc) is 2.97. The molecule has 0 N–H and O–H groups in total. The predicted octanol–water partition coefficient (Wildman–Crippen LogP) is 4.70. The Kier molecular flexibility index (Phi) is 5.48. The molecule has 4 rings (SSSR count). The molecule has 1 aliphatic rings. The predicted molar refractivity (Wildman–Crippen MR) is 120 cm³/mol. The highest BCUT2D eigenvalue weighted by atomic mass is 79.9. The Morgan fingerprint density at radius 3 is 2.79 bits per heavy atom. The number of rotatable bonds is 6. The fourth-order valence-corrected chi connectivity index (χ4v) is 4.76. The second-order valence-electron chi connectivity index (χ2n) is 7.30. The van der Waals surface area contributed by atoms with E-state index in [1.165, 1.54) is 18.4 Å². The molecule has 0 radical (unpaired) electrons. The molecule has 8 heteroatoms. The van der Waals surface area contributed by atoms with Crippen LogP contribution in [-0.2, 0) is 22.9 Å². The van der Waals surface area contributed by atoms with Crippen molar-refractivity contribution in [2.75, 3.05) is 23.5 Å². The zero-order chi connectivity index (χ0) is 20.6. The van der Waals surface area contributed by atoms with Crippen LogP contribution in [0.25, 0.3) is 10.9 Å². The molecule has 0 spiro atoms. The number of aromatic nitrogens is 1. The van der Waals surface area contributed by atoms with Crippen molar-refractivity contribution in [3.8, 4) is 0 Å². The molecule has 0 amide bonds. The minimum Gasteiger partial charge on any atom is -0.359 e. The topological polar surface area (TPSA) is 54.7 Å². The summed E-state index contributed by atoms with van der Waals surface area (Å²) < 4.78 is 39.9. The van der Waals surface area contributed by atoms with Gasteiger partial charge in [0, 0.05) is 46.2 Å². The fourth-order valence-electron chi connectivity index (χ4n) is 3.73. The molecule has 0 unspecified atom stereocenters. The Balaban J connectivity index is 1.68. The molecule has 2 aromatic carbocycles. The van der Waals surface area contributed by atoms with Crippen LogP contribution < -0.4 is 4.90 Å². The van der Waals surface area contributed by atoms with Crippen molar-refractivity contribution in [1.82, 2.24) is 4.57 Å². The van der Waals surface area contributed by atoms with Crippen molar-refractivity contribution in [3.05, 3.63) is 58.4 Å². The van der Waals surface area contributed by atoms with Crippen LogP contribution in [0.1, 0.15) is 12.1 Å². The van der Waals surface area contributed by atoms with Gasteiger partial charge in [-0.1, -0.05) is 15.9 Å². The van der Waals surface area contributed by atoms with Gasteiger partial charge in [-0.05, 0) is 42.8 Å². The quantitative estimate of drug-likeness (QED) is 0.516. The normalized spacial score (nSPS) is 13.8. The second-order valence-corrected chi connectivity index (χ2v) is 10.5. The molecule has 29 heavy (non-hydrogen) atoms. The molecular formula is C21H21BrFN3O2S. The van der Waals surface area contributed by atoms with Crippen molar-refractivity contribution in [2.24, 2.45) is 4.99 Å². The smallest absolute Gasteiger partial charge is 0.147 e.